The molecule has 0 radical (unpaired) electrons. The fourth-order valence-electron chi connectivity index (χ4n) is 2.54. The van der Waals surface area contributed by atoms with Crippen molar-refractivity contribution in [2.24, 2.45) is 10.9 Å². The van der Waals surface area contributed by atoms with Crippen molar-refractivity contribution in [3.05, 3.63) is 23.8 Å². The van der Waals surface area contributed by atoms with Crippen LogP contribution in [0, 0.1) is 0 Å². The second-order valence-corrected chi connectivity index (χ2v) is 4.97. The van der Waals surface area contributed by atoms with Crippen molar-refractivity contribution in [2.75, 3.05) is 0 Å². The van der Waals surface area contributed by atoms with Gasteiger partial charge in [-0.1, -0.05) is 18.0 Å². The summed E-state index contributed by atoms with van der Waals surface area (Å²) in [7, 11) is 0. The predicted molar refractivity (Wildman–Crippen MR) is 71.8 cm³/mol. The number of aromatic hydroxyl groups is 2. The average Bonchev–Trinajstić information content (AvgIpc) is 2.86. The third-order valence-electron chi connectivity index (χ3n) is 3.57. The van der Waals surface area contributed by atoms with Gasteiger partial charge in [-0.05, 0) is 25.0 Å². The Labute approximate surface area is 115 Å². The summed E-state index contributed by atoms with van der Waals surface area (Å²) < 4.78 is 0. The minimum Gasteiger partial charge on any atom is -0.508 e. The van der Waals surface area contributed by atoms with Crippen LogP contribution in [0.25, 0.3) is 0 Å². The minimum absolute atomic E-state index is 0.0345. The first-order chi connectivity index (χ1) is 9.47. The molecule has 1 aromatic carbocycles. The zero-order valence-corrected chi connectivity index (χ0v) is 10.8. The van der Waals surface area contributed by atoms with E-state index in [0.29, 0.717) is 12.8 Å². The van der Waals surface area contributed by atoms with Gasteiger partial charge in [0.05, 0.1) is 0 Å². The number of phenols is 2. The van der Waals surface area contributed by atoms with Gasteiger partial charge in [-0.2, -0.15) is 0 Å². The summed E-state index contributed by atoms with van der Waals surface area (Å²) in [5.41, 5.74) is 4.93. The molecule has 0 saturated heterocycles. The van der Waals surface area contributed by atoms with Gasteiger partial charge in [-0.3, -0.25) is 4.79 Å². The smallest absolute Gasteiger partial charge is 0.252 e. The lowest BCUT2D eigenvalue weighted by Gasteiger charge is -2.28. The van der Waals surface area contributed by atoms with Crippen LogP contribution >= 0.6 is 0 Å². The Kier molecular flexibility index (Phi) is 3.69. The molecule has 0 atom stereocenters. The standard InChI is InChI=1S/C13H17N3O4/c14-12(16-20)13(3-1-2-4-13)15-11(19)8-5-9(17)7-10(18)6-8/h5-7,17-18,20H,1-4H2,(H2,14,16)(H,15,19). The largest absolute Gasteiger partial charge is 0.508 e. The second-order valence-electron chi connectivity index (χ2n) is 4.97. The normalized spacial score (nSPS) is 17.9. The SMILES string of the molecule is N/C(=N/O)C1(NC(=O)c2cc(O)cc(O)c2)CCCC1. The molecule has 6 N–H and O–H groups in total. The number of amides is 1. The molecule has 0 aliphatic heterocycles. The van der Waals surface area contributed by atoms with Gasteiger partial charge in [0.25, 0.3) is 5.91 Å². The highest BCUT2D eigenvalue weighted by Crippen LogP contribution is 2.30. The Balaban J connectivity index is 2.25. The number of rotatable bonds is 3. The maximum absolute atomic E-state index is 12.2. The Morgan fingerprint density at radius 3 is 2.25 bits per heavy atom. The molecule has 0 unspecified atom stereocenters. The molecule has 1 aromatic rings. The number of hydrogen-bond donors (Lipinski definition) is 5. The number of nitrogens with zero attached hydrogens (tertiary/aromatic N) is 1. The number of oxime groups is 1. The van der Waals surface area contributed by atoms with Crippen LogP contribution in [0.3, 0.4) is 0 Å². The first kappa shape index (κ1) is 14.0. The summed E-state index contributed by atoms with van der Waals surface area (Å²) >= 11 is 0. The molecule has 7 nitrogen and oxygen atoms in total. The maximum Gasteiger partial charge on any atom is 0.252 e. The zero-order chi connectivity index (χ0) is 14.8. The van der Waals surface area contributed by atoms with E-state index in [1.807, 2.05) is 0 Å². The first-order valence-electron chi connectivity index (χ1n) is 6.30. The molecule has 0 aromatic heterocycles. The number of phenolic OH excluding ortho intramolecular Hbond substituents is 2. The van der Waals surface area contributed by atoms with Gasteiger partial charge in [-0.25, -0.2) is 0 Å². The van der Waals surface area contributed by atoms with Crippen LogP contribution < -0.4 is 11.1 Å². The molecule has 1 aliphatic rings. The van der Waals surface area contributed by atoms with Crippen LogP contribution in [-0.4, -0.2) is 32.7 Å². The molecule has 20 heavy (non-hydrogen) atoms. The third-order valence-corrected chi connectivity index (χ3v) is 3.57. The van der Waals surface area contributed by atoms with Gasteiger partial charge in [-0.15, -0.1) is 0 Å². The molecular weight excluding hydrogens is 262 g/mol. The Bertz CT molecular complexity index is 530. The van der Waals surface area contributed by atoms with Crippen molar-refractivity contribution in [2.45, 2.75) is 31.2 Å². The number of amidine groups is 1. The van der Waals surface area contributed by atoms with E-state index in [1.165, 1.54) is 12.1 Å². The lowest BCUT2D eigenvalue weighted by Crippen LogP contribution is -2.55. The van der Waals surface area contributed by atoms with Crippen molar-refractivity contribution in [1.82, 2.24) is 5.32 Å². The van der Waals surface area contributed by atoms with Crippen LogP contribution in [-0.2, 0) is 0 Å². The molecule has 1 saturated carbocycles. The zero-order valence-electron chi connectivity index (χ0n) is 10.8. The number of benzene rings is 1. The molecule has 1 amide bonds. The summed E-state index contributed by atoms with van der Waals surface area (Å²) in [5.74, 6) is -0.948. The fourth-order valence-corrected chi connectivity index (χ4v) is 2.54. The molecule has 2 rings (SSSR count). The van der Waals surface area contributed by atoms with Gasteiger partial charge in [0.1, 0.15) is 17.0 Å². The van der Waals surface area contributed by atoms with Crippen LogP contribution in [0.5, 0.6) is 11.5 Å². The fraction of sp³-hybridized carbons (Fsp3) is 0.385. The van der Waals surface area contributed by atoms with Gasteiger partial charge < -0.3 is 26.5 Å². The number of carbonyl (C=O) groups excluding carboxylic acids is 1. The molecule has 1 fully saturated rings. The first-order valence-corrected chi connectivity index (χ1v) is 6.30. The van der Waals surface area contributed by atoms with Crippen molar-refractivity contribution in [3.8, 4) is 11.5 Å². The molecule has 0 bridgehead atoms. The minimum atomic E-state index is -0.868. The highest BCUT2D eigenvalue weighted by atomic mass is 16.4. The number of nitrogens with two attached hydrogens (primary N) is 1. The topological polar surface area (TPSA) is 128 Å². The molecule has 0 heterocycles. The molecule has 1 aliphatic carbocycles. The summed E-state index contributed by atoms with van der Waals surface area (Å²) in [6.07, 6.45) is 2.89. The Morgan fingerprint density at radius 2 is 1.75 bits per heavy atom. The van der Waals surface area contributed by atoms with Crippen molar-refractivity contribution < 1.29 is 20.2 Å². The van der Waals surface area contributed by atoms with Crippen LogP contribution in [0.2, 0.25) is 0 Å². The van der Waals surface area contributed by atoms with E-state index in [0.717, 1.165) is 18.9 Å². The highest BCUT2D eigenvalue weighted by molar-refractivity contribution is 6.00. The number of carbonyl (C=O) groups is 1. The van der Waals surface area contributed by atoms with Crippen molar-refractivity contribution in [1.29, 1.82) is 0 Å². The van der Waals surface area contributed by atoms with Gasteiger partial charge in [0.15, 0.2) is 5.84 Å². The summed E-state index contributed by atoms with van der Waals surface area (Å²) in [6, 6.07) is 3.61. The molecule has 7 heteroatoms. The van der Waals surface area contributed by atoms with Crippen molar-refractivity contribution >= 4 is 11.7 Å². The molecule has 108 valence electrons. The van der Waals surface area contributed by atoms with E-state index in [9.17, 15) is 15.0 Å². The predicted octanol–water partition coefficient (Wildman–Crippen LogP) is 0.887. The number of hydrogen-bond acceptors (Lipinski definition) is 5. The van der Waals surface area contributed by atoms with Crippen LogP contribution in [0.1, 0.15) is 36.0 Å². The number of nitrogens with one attached hydrogen (secondary N) is 1. The van der Waals surface area contributed by atoms with E-state index >= 15 is 0 Å². The molecular formula is C13H17N3O4. The molecule has 0 spiro atoms. The Morgan fingerprint density at radius 1 is 1.20 bits per heavy atom. The van der Waals surface area contributed by atoms with Gasteiger partial charge in [0.2, 0.25) is 0 Å². The summed E-state index contributed by atoms with van der Waals surface area (Å²) in [6.45, 7) is 0. The summed E-state index contributed by atoms with van der Waals surface area (Å²) in [5, 5.41) is 33.4. The van der Waals surface area contributed by atoms with Crippen LogP contribution in [0.15, 0.2) is 23.4 Å². The highest BCUT2D eigenvalue weighted by Gasteiger charge is 2.40. The van der Waals surface area contributed by atoms with E-state index in [1.54, 1.807) is 0 Å². The van der Waals surface area contributed by atoms with Crippen LogP contribution in [0.4, 0.5) is 0 Å². The van der Waals surface area contributed by atoms with Crippen molar-refractivity contribution in [3.63, 3.8) is 0 Å². The average molecular weight is 279 g/mol. The lowest BCUT2D eigenvalue weighted by molar-refractivity contribution is 0.0922. The lowest BCUT2D eigenvalue weighted by atomic mass is 9.95. The van der Waals surface area contributed by atoms with E-state index in [-0.39, 0.29) is 22.9 Å². The third kappa shape index (κ3) is 2.61. The van der Waals surface area contributed by atoms with E-state index in [4.69, 9.17) is 10.9 Å². The van der Waals surface area contributed by atoms with E-state index in [2.05, 4.69) is 10.5 Å². The maximum atomic E-state index is 12.2. The van der Waals surface area contributed by atoms with Gasteiger partial charge in [0, 0.05) is 11.6 Å². The summed E-state index contributed by atoms with van der Waals surface area (Å²) in [4.78, 5) is 12.2. The Hall–Kier alpha value is -2.44. The van der Waals surface area contributed by atoms with E-state index < -0.39 is 11.4 Å². The second kappa shape index (κ2) is 5.28. The van der Waals surface area contributed by atoms with Gasteiger partial charge >= 0.3 is 0 Å². The monoisotopic (exact) mass is 279 g/mol. The quantitative estimate of drug-likeness (QED) is 0.243.